The highest BCUT2D eigenvalue weighted by Gasteiger charge is 2.13. The molecule has 30 heavy (non-hydrogen) atoms. The Morgan fingerprint density at radius 3 is 2.90 bits per heavy atom. The van der Waals surface area contributed by atoms with Crippen molar-refractivity contribution in [1.29, 1.82) is 0 Å². The molecule has 6 nitrogen and oxygen atoms in total. The zero-order valence-corrected chi connectivity index (χ0v) is 17.1. The average molecular weight is 410 g/mol. The molecule has 7 heteroatoms. The first-order valence-electron chi connectivity index (χ1n) is 10.3. The second-order valence-corrected chi connectivity index (χ2v) is 7.54. The van der Waals surface area contributed by atoms with Crippen molar-refractivity contribution >= 4 is 28.5 Å². The van der Waals surface area contributed by atoms with Crippen LogP contribution < -0.4 is 5.32 Å². The highest BCUT2D eigenvalue weighted by atomic mass is 19.1. The Morgan fingerprint density at radius 2 is 2.10 bits per heavy atom. The number of halogens is 1. The number of hydrogen-bond acceptors (Lipinski definition) is 5. The number of H-pyrrole nitrogens is 1. The summed E-state index contributed by atoms with van der Waals surface area (Å²) in [6.07, 6.45) is 2.58. The van der Waals surface area contributed by atoms with Gasteiger partial charge in [0.25, 0.3) is 0 Å². The summed E-state index contributed by atoms with van der Waals surface area (Å²) in [4.78, 5) is 9.65. The Labute approximate surface area is 175 Å². The van der Waals surface area contributed by atoms with Crippen LogP contribution in [-0.4, -0.2) is 60.6 Å². The number of hydrogen-bond donors (Lipinski definition) is 3. The van der Waals surface area contributed by atoms with Crippen molar-refractivity contribution < 1.29 is 14.2 Å². The summed E-state index contributed by atoms with van der Waals surface area (Å²) < 4.78 is 19.5. The van der Waals surface area contributed by atoms with E-state index in [1.54, 1.807) is 12.1 Å². The van der Waals surface area contributed by atoms with E-state index in [1.165, 1.54) is 12.3 Å². The molecule has 0 atom stereocenters. The molecule has 0 amide bonds. The number of aryl methyl sites for hydroxylation is 1. The van der Waals surface area contributed by atoms with E-state index in [-0.39, 0.29) is 5.88 Å². The van der Waals surface area contributed by atoms with Gasteiger partial charge in [-0.3, -0.25) is 9.89 Å². The fraction of sp³-hybridized carbons (Fsp3) is 0.348. The van der Waals surface area contributed by atoms with Gasteiger partial charge in [-0.1, -0.05) is 6.07 Å². The highest BCUT2D eigenvalue weighted by molar-refractivity contribution is 6.02. The molecule has 0 saturated carbocycles. The lowest BCUT2D eigenvalue weighted by Gasteiger charge is -2.26. The predicted molar refractivity (Wildman–Crippen MR) is 119 cm³/mol. The van der Waals surface area contributed by atoms with Crippen LogP contribution in [0.5, 0.6) is 5.88 Å². The standard InChI is InChI=1S/C23H27FN4O2/c1-16-14-17(6-7-20(16)25-8-3-9-28-10-12-30-13-11-28)26-15-18-22-19(24)4-2-5-21(22)27-23(18)29/h2,4-7,14-15,25,27,29H,3,8-13H2,1H3. The smallest absolute Gasteiger partial charge is 0.198 e. The van der Waals surface area contributed by atoms with E-state index in [0.29, 0.717) is 16.5 Å². The molecule has 2 aromatic carbocycles. The predicted octanol–water partition coefficient (Wildman–Crippen LogP) is 4.21. The fourth-order valence-electron chi connectivity index (χ4n) is 3.76. The van der Waals surface area contributed by atoms with Gasteiger partial charge < -0.3 is 20.1 Å². The van der Waals surface area contributed by atoms with Gasteiger partial charge >= 0.3 is 0 Å². The number of nitrogens with one attached hydrogen (secondary N) is 2. The van der Waals surface area contributed by atoms with Gasteiger partial charge in [0.15, 0.2) is 5.88 Å². The molecule has 1 aliphatic heterocycles. The maximum atomic E-state index is 14.2. The number of ether oxygens (including phenoxy) is 1. The first-order chi connectivity index (χ1) is 14.6. The van der Waals surface area contributed by atoms with Gasteiger partial charge in [0.05, 0.1) is 30.0 Å². The third-order valence-corrected chi connectivity index (χ3v) is 5.41. The first kappa shape index (κ1) is 20.4. The van der Waals surface area contributed by atoms with Crippen LogP contribution in [0, 0.1) is 12.7 Å². The zero-order valence-electron chi connectivity index (χ0n) is 17.1. The molecule has 0 aliphatic carbocycles. The van der Waals surface area contributed by atoms with Gasteiger partial charge in [0.2, 0.25) is 0 Å². The van der Waals surface area contributed by atoms with Crippen molar-refractivity contribution in [3.05, 3.63) is 53.3 Å². The van der Waals surface area contributed by atoms with Gasteiger partial charge in [-0.2, -0.15) is 0 Å². The molecular weight excluding hydrogens is 383 g/mol. The lowest BCUT2D eigenvalue weighted by atomic mass is 10.1. The summed E-state index contributed by atoms with van der Waals surface area (Å²) in [6, 6.07) is 10.6. The van der Waals surface area contributed by atoms with Crippen LogP contribution in [-0.2, 0) is 4.74 Å². The van der Waals surface area contributed by atoms with Crippen molar-refractivity contribution in [1.82, 2.24) is 9.88 Å². The molecule has 0 spiro atoms. The monoisotopic (exact) mass is 410 g/mol. The van der Waals surface area contributed by atoms with Crippen LogP contribution >= 0.6 is 0 Å². The third-order valence-electron chi connectivity index (χ3n) is 5.41. The number of fused-ring (bicyclic) bond motifs is 1. The van der Waals surface area contributed by atoms with E-state index in [2.05, 4.69) is 20.2 Å². The van der Waals surface area contributed by atoms with Crippen molar-refractivity contribution in [3.8, 4) is 5.88 Å². The molecule has 1 aliphatic rings. The number of aliphatic imine (C=N–C) groups is 1. The molecule has 3 N–H and O–H groups in total. The van der Waals surface area contributed by atoms with Crippen molar-refractivity contribution in [2.75, 3.05) is 44.7 Å². The average Bonchev–Trinajstić information content (AvgIpc) is 3.08. The lowest BCUT2D eigenvalue weighted by Crippen LogP contribution is -2.37. The SMILES string of the molecule is Cc1cc(N=Cc2c(O)[nH]c3cccc(F)c23)ccc1NCCCN1CCOCC1. The summed E-state index contributed by atoms with van der Waals surface area (Å²) in [6.45, 7) is 7.70. The topological polar surface area (TPSA) is 72.9 Å². The quantitative estimate of drug-likeness (QED) is 0.403. The fourth-order valence-corrected chi connectivity index (χ4v) is 3.76. The number of nitrogens with zero attached hydrogens (tertiary/aromatic N) is 2. The highest BCUT2D eigenvalue weighted by Crippen LogP contribution is 2.29. The largest absolute Gasteiger partial charge is 0.494 e. The zero-order chi connectivity index (χ0) is 20.9. The minimum atomic E-state index is -0.390. The molecule has 2 heterocycles. The number of rotatable bonds is 7. The maximum absolute atomic E-state index is 14.2. The molecule has 158 valence electrons. The maximum Gasteiger partial charge on any atom is 0.198 e. The summed E-state index contributed by atoms with van der Waals surface area (Å²) in [5, 5.41) is 13.9. The minimum absolute atomic E-state index is 0.0888. The van der Waals surface area contributed by atoms with E-state index in [9.17, 15) is 9.50 Å². The Bertz CT molecular complexity index is 1040. The molecule has 3 aromatic rings. The van der Waals surface area contributed by atoms with Crippen LogP contribution in [0.3, 0.4) is 0 Å². The molecule has 4 rings (SSSR count). The van der Waals surface area contributed by atoms with Gasteiger partial charge in [-0.25, -0.2) is 4.39 Å². The molecule has 0 unspecified atom stereocenters. The normalized spacial score (nSPS) is 15.3. The number of aromatic hydroxyl groups is 1. The minimum Gasteiger partial charge on any atom is -0.494 e. The third kappa shape index (κ3) is 4.63. The van der Waals surface area contributed by atoms with Gasteiger partial charge in [0.1, 0.15) is 5.82 Å². The summed E-state index contributed by atoms with van der Waals surface area (Å²) >= 11 is 0. The molecule has 1 saturated heterocycles. The molecule has 0 radical (unpaired) electrons. The van der Waals surface area contributed by atoms with E-state index < -0.39 is 5.82 Å². The Balaban J connectivity index is 1.38. The van der Waals surface area contributed by atoms with E-state index in [4.69, 9.17) is 4.74 Å². The van der Waals surface area contributed by atoms with E-state index in [1.807, 2.05) is 25.1 Å². The van der Waals surface area contributed by atoms with Crippen LogP contribution in [0.25, 0.3) is 10.9 Å². The summed E-state index contributed by atoms with van der Waals surface area (Å²) in [7, 11) is 0. The van der Waals surface area contributed by atoms with Gasteiger partial charge in [-0.05, 0) is 55.8 Å². The lowest BCUT2D eigenvalue weighted by molar-refractivity contribution is 0.0378. The Hall–Kier alpha value is -2.90. The molecular formula is C23H27FN4O2. The second-order valence-electron chi connectivity index (χ2n) is 7.54. The van der Waals surface area contributed by atoms with Gasteiger partial charge in [-0.15, -0.1) is 0 Å². The Kier molecular flexibility index (Phi) is 6.30. The van der Waals surface area contributed by atoms with Crippen LogP contribution in [0.4, 0.5) is 15.8 Å². The number of anilines is 1. The van der Waals surface area contributed by atoms with Crippen molar-refractivity contribution in [2.24, 2.45) is 4.99 Å². The van der Waals surface area contributed by atoms with Crippen molar-refractivity contribution in [2.45, 2.75) is 13.3 Å². The molecule has 1 fully saturated rings. The summed E-state index contributed by atoms with van der Waals surface area (Å²) in [5.41, 5.74) is 3.81. The van der Waals surface area contributed by atoms with E-state index >= 15 is 0 Å². The number of morpholine rings is 1. The first-order valence-corrected chi connectivity index (χ1v) is 10.3. The second kappa shape index (κ2) is 9.28. The molecule has 0 bridgehead atoms. The van der Waals surface area contributed by atoms with Crippen molar-refractivity contribution in [3.63, 3.8) is 0 Å². The van der Waals surface area contributed by atoms with Crippen LogP contribution in [0.2, 0.25) is 0 Å². The number of benzene rings is 2. The van der Waals surface area contributed by atoms with Crippen LogP contribution in [0.1, 0.15) is 17.5 Å². The summed E-state index contributed by atoms with van der Waals surface area (Å²) in [5.74, 6) is -0.479. The number of aromatic nitrogens is 1. The number of aromatic amines is 1. The van der Waals surface area contributed by atoms with E-state index in [0.717, 1.165) is 62.8 Å². The Morgan fingerprint density at radius 1 is 1.27 bits per heavy atom. The van der Waals surface area contributed by atoms with Gasteiger partial charge in [0, 0.05) is 36.9 Å². The molecule has 1 aromatic heterocycles. The van der Waals surface area contributed by atoms with Crippen LogP contribution in [0.15, 0.2) is 41.4 Å².